The van der Waals surface area contributed by atoms with Crippen molar-refractivity contribution in [2.75, 3.05) is 13.1 Å². The second-order valence-electron chi connectivity index (χ2n) is 6.10. The van der Waals surface area contributed by atoms with Crippen LogP contribution in [0.15, 0.2) is 0 Å². The summed E-state index contributed by atoms with van der Waals surface area (Å²) >= 11 is 0. The third kappa shape index (κ3) is 17.9. The van der Waals surface area contributed by atoms with Gasteiger partial charge in [-0.25, -0.2) is 0 Å². The Kier molecular flexibility index (Phi) is 18.8. The van der Waals surface area contributed by atoms with Crippen molar-refractivity contribution in [3.63, 3.8) is 0 Å². The van der Waals surface area contributed by atoms with E-state index in [-0.39, 0.29) is 0 Å². The molecule has 0 unspecified atom stereocenters. The monoisotopic (exact) mass is 284 g/mol. The van der Waals surface area contributed by atoms with Gasteiger partial charge in [-0.1, -0.05) is 90.9 Å². The Labute approximate surface area is 128 Å². The van der Waals surface area contributed by atoms with Crippen molar-refractivity contribution < 1.29 is 0 Å². The van der Waals surface area contributed by atoms with Crippen LogP contribution >= 0.6 is 0 Å². The van der Waals surface area contributed by atoms with E-state index >= 15 is 0 Å². The van der Waals surface area contributed by atoms with Gasteiger partial charge in [0, 0.05) is 13.1 Å². The number of hydrazine groups is 1. The van der Waals surface area contributed by atoms with Crippen LogP contribution in [-0.4, -0.2) is 13.1 Å². The molecule has 122 valence electrons. The zero-order chi connectivity index (χ0) is 14.7. The van der Waals surface area contributed by atoms with Gasteiger partial charge in [-0.05, 0) is 12.8 Å². The van der Waals surface area contributed by atoms with Gasteiger partial charge in [-0.2, -0.15) is 0 Å². The first kappa shape index (κ1) is 19.9. The summed E-state index contributed by atoms with van der Waals surface area (Å²) in [5.41, 5.74) is 6.66. The third-order valence-corrected chi connectivity index (χ3v) is 3.94. The molecule has 2 heteroatoms. The molecule has 0 aliphatic rings. The molecule has 0 spiro atoms. The molecule has 0 aromatic rings. The summed E-state index contributed by atoms with van der Waals surface area (Å²) in [5, 5.41) is 0. The first-order valence-corrected chi connectivity index (χ1v) is 9.37. The lowest BCUT2D eigenvalue weighted by molar-refractivity contribution is 0.482. The largest absolute Gasteiger partial charge is 0.258 e. The van der Waals surface area contributed by atoms with E-state index in [1.54, 1.807) is 0 Å². The van der Waals surface area contributed by atoms with Crippen molar-refractivity contribution in [2.45, 2.75) is 104 Å². The normalized spacial score (nSPS) is 11.1. The van der Waals surface area contributed by atoms with Crippen LogP contribution in [0.25, 0.3) is 0 Å². The van der Waals surface area contributed by atoms with Crippen LogP contribution in [0.4, 0.5) is 0 Å². The smallest absolute Gasteiger partial charge is 0.00997 e. The highest BCUT2D eigenvalue weighted by Crippen LogP contribution is 2.10. The number of hydrogen-bond donors (Lipinski definition) is 2. The van der Waals surface area contributed by atoms with Gasteiger partial charge in [-0.3, -0.25) is 10.9 Å². The Balaban J connectivity index is 2.89. The molecule has 0 aliphatic heterocycles. The lowest BCUT2D eigenvalue weighted by atomic mass is 10.1. The van der Waals surface area contributed by atoms with E-state index in [1.165, 1.54) is 89.9 Å². The Bertz CT molecular complexity index is 141. The molecule has 0 saturated heterocycles. The van der Waals surface area contributed by atoms with E-state index in [0.717, 1.165) is 13.1 Å². The lowest BCUT2D eigenvalue weighted by Crippen LogP contribution is -2.33. The number of nitrogens with one attached hydrogen (secondary N) is 2. The maximum Gasteiger partial charge on any atom is 0.00997 e. The maximum atomic E-state index is 3.34. The van der Waals surface area contributed by atoms with Gasteiger partial charge in [0.15, 0.2) is 0 Å². The second-order valence-corrected chi connectivity index (χ2v) is 6.10. The molecule has 0 radical (unpaired) electrons. The molecule has 0 aromatic carbocycles. The highest BCUT2D eigenvalue weighted by atomic mass is 15.3. The molecule has 0 saturated carbocycles. The summed E-state index contributed by atoms with van der Waals surface area (Å²) in [6.07, 6.45) is 19.5. The molecule has 0 bridgehead atoms. The van der Waals surface area contributed by atoms with Crippen molar-refractivity contribution in [2.24, 2.45) is 0 Å². The predicted octanol–water partition coefficient (Wildman–Crippen LogP) is 5.58. The van der Waals surface area contributed by atoms with Crippen LogP contribution in [0.5, 0.6) is 0 Å². The molecule has 20 heavy (non-hydrogen) atoms. The zero-order valence-electron chi connectivity index (χ0n) is 14.3. The summed E-state index contributed by atoms with van der Waals surface area (Å²) in [5.74, 6) is 0. The highest BCUT2D eigenvalue weighted by Gasteiger charge is 1.93. The number of unbranched alkanes of at least 4 members (excludes halogenated alkanes) is 12. The average molecular weight is 285 g/mol. The molecule has 2 N–H and O–H groups in total. The molecule has 0 aliphatic carbocycles. The minimum absolute atomic E-state index is 1.12. The molecular weight excluding hydrogens is 244 g/mol. The summed E-state index contributed by atoms with van der Waals surface area (Å²) in [6.45, 7) is 6.80. The Morgan fingerprint density at radius 2 is 0.700 bits per heavy atom. The number of rotatable bonds is 17. The summed E-state index contributed by atoms with van der Waals surface area (Å²) in [4.78, 5) is 0. The lowest BCUT2D eigenvalue weighted by Gasteiger charge is -2.06. The van der Waals surface area contributed by atoms with E-state index in [0.29, 0.717) is 0 Å². The minimum atomic E-state index is 1.12. The summed E-state index contributed by atoms with van der Waals surface area (Å²) in [6, 6.07) is 0. The SMILES string of the molecule is CCCCCCCCCCCCNNCCCCCC. The van der Waals surface area contributed by atoms with Crippen LogP contribution in [0, 0.1) is 0 Å². The van der Waals surface area contributed by atoms with E-state index in [2.05, 4.69) is 24.7 Å². The molecule has 0 amide bonds. The Morgan fingerprint density at radius 1 is 0.400 bits per heavy atom. The third-order valence-electron chi connectivity index (χ3n) is 3.94. The van der Waals surface area contributed by atoms with Gasteiger partial charge < -0.3 is 0 Å². The average Bonchev–Trinajstić information content (AvgIpc) is 2.47. The first-order valence-electron chi connectivity index (χ1n) is 9.37. The van der Waals surface area contributed by atoms with Crippen LogP contribution < -0.4 is 10.9 Å². The topological polar surface area (TPSA) is 24.1 Å². The number of hydrogen-bond acceptors (Lipinski definition) is 2. The van der Waals surface area contributed by atoms with E-state index in [4.69, 9.17) is 0 Å². The summed E-state index contributed by atoms with van der Waals surface area (Å²) in [7, 11) is 0. The minimum Gasteiger partial charge on any atom is -0.258 e. The Morgan fingerprint density at radius 3 is 1.10 bits per heavy atom. The highest BCUT2D eigenvalue weighted by molar-refractivity contribution is 4.49. The van der Waals surface area contributed by atoms with Gasteiger partial charge in [0.2, 0.25) is 0 Å². The molecule has 0 fully saturated rings. The second kappa shape index (κ2) is 18.9. The van der Waals surface area contributed by atoms with Gasteiger partial charge in [0.1, 0.15) is 0 Å². The van der Waals surface area contributed by atoms with Crippen LogP contribution in [0.1, 0.15) is 104 Å². The molecule has 0 aromatic heterocycles. The van der Waals surface area contributed by atoms with E-state index in [9.17, 15) is 0 Å². The standard InChI is InChI=1S/C18H40N2/c1-3-5-7-9-10-11-12-13-14-16-18-20-19-17-15-8-6-4-2/h19-20H,3-18H2,1-2H3. The fourth-order valence-electron chi connectivity index (χ4n) is 2.52. The van der Waals surface area contributed by atoms with Crippen molar-refractivity contribution in [1.29, 1.82) is 0 Å². The predicted molar refractivity (Wildman–Crippen MR) is 92.0 cm³/mol. The van der Waals surface area contributed by atoms with Gasteiger partial charge in [0.25, 0.3) is 0 Å². The fourth-order valence-corrected chi connectivity index (χ4v) is 2.52. The van der Waals surface area contributed by atoms with Gasteiger partial charge in [0.05, 0.1) is 0 Å². The Hall–Kier alpha value is -0.0800. The quantitative estimate of drug-likeness (QED) is 0.269. The molecule has 0 atom stereocenters. The van der Waals surface area contributed by atoms with E-state index < -0.39 is 0 Å². The van der Waals surface area contributed by atoms with Crippen LogP contribution in [0.3, 0.4) is 0 Å². The van der Waals surface area contributed by atoms with Gasteiger partial charge in [-0.15, -0.1) is 0 Å². The van der Waals surface area contributed by atoms with E-state index in [1.807, 2.05) is 0 Å². The summed E-state index contributed by atoms with van der Waals surface area (Å²) < 4.78 is 0. The van der Waals surface area contributed by atoms with Crippen LogP contribution in [0.2, 0.25) is 0 Å². The van der Waals surface area contributed by atoms with Crippen LogP contribution in [-0.2, 0) is 0 Å². The van der Waals surface area contributed by atoms with Gasteiger partial charge >= 0.3 is 0 Å². The van der Waals surface area contributed by atoms with Crippen molar-refractivity contribution >= 4 is 0 Å². The maximum absolute atomic E-state index is 3.34. The zero-order valence-corrected chi connectivity index (χ0v) is 14.3. The van der Waals surface area contributed by atoms with Crippen molar-refractivity contribution in [1.82, 2.24) is 10.9 Å². The molecule has 0 heterocycles. The fraction of sp³-hybridized carbons (Fsp3) is 1.00. The molecular formula is C18H40N2. The molecule has 2 nitrogen and oxygen atoms in total. The molecule has 0 rings (SSSR count). The van der Waals surface area contributed by atoms with Crippen molar-refractivity contribution in [3.8, 4) is 0 Å². The first-order chi connectivity index (χ1) is 9.91. The van der Waals surface area contributed by atoms with Crippen molar-refractivity contribution in [3.05, 3.63) is 0 Å².